The lowest BCUT2D eigenvalue weighted by Gasteiger charge is -2.71. The number of thiophene rings is 1. The number of aliphatic hydroxyl groups excluding tert-OH is 1. The minimum absolute atomic E-state index is 0.0619. The largest absolute Gasteiger partial charge is 0.450 e. The summed E-state index contributed by atoms with van der Waals surface area (Å²) in [5, 5.41) is 24.1. The minimum Gasteiger partial charge on any atom is -0.450 e. The Bertz CT molecular complexity index is 1590. The molecule has 7 heteroatoms. The van der Waals surface area contributed by atoms with Crippen molar-refractivity contribution in [2.24, 2.45) is 56.7 Å². The van der Waals surface area contributed by atoms with Gasteiger partial charge >= 0.3 is 6.09 Å². The van der Waals surface area contributed by atoms with Crippen molar-refractivity contribution < 1.29 is 24.5 Å². The first-order valence-corrected chi connectivity index (χ1v) is 20.5. The number of rotatable bonds is 7. The molecule has 6 nitrogen and oxygen atoms in total. The van der Waals surface area contributed by atoms with Crippen molar-refractivity contribution in [3.05, 3.63) is 45.7 Å². The van der Waals surface area contributed by atoms with Gasteiger partial charge in [-0.05, 0) is 150 Å². The van der Waals surface area contributed by atoms with Gasteiger partial charge in [0.25, 0.3) is 0 Å². The van der Waals surface area contributed by atoms with Crippen molar-refractivity contribution in [1.29, 1.82) is 0 Å². The number of ketones is 1. The molecule has 0 aliphatic heterocycles. The summed E-state index contributed by atoms with van der Waals surface area (Å²) in [6.07, 6.45) is 19.8. The molecule has 1 unspecified atom stereocenters. The summed E-state index contributed by atoms with van der Waals surface area (Å²) in [5.74, 6) is 2.82. The van der Waals surface area contributed by atoms with Gasteiger partial charge in [-0.2, -0.15) is 0 Å². The molecule has 10 aliphatic rings. The summed E-state index contributed by atoms with van der Waals surface area (Å²) in [6.45, 7) is 9.99. The van der Waals surface area contributed by atoms with E-state index in [0.717, 1.165) is 65.2 Å². The number of allylic oxidation sites excluding steroid dienone is 4. The summed E-state index contributed by atoms with van der Waals surface area (Å²) in [7, 11) is 0. The molecule has 7 fully saturated rings. The third-order valence-electron chi connectivity index (χ3n) is 16.6. The topological polar surface area (TPSA) is 87.1 Å². The van der Waals surface area contributed by atoms with Crippen LogP contribution in [0.3, 0.4) is 0 Å². The van der Waals surface area contributed by atoms with Gasteiger partial charge in [0.2, 0.25) is 0 Å². The zero-order valence-corrected chi connectivity index (χ0v) is 31.0. The first kappa shape index (κ1) is 32.9. The quantitative estimate of drug-likeness (QED) is 0.222. The predicted molar refractivity (Wildman–Crippen MR) is 191 cm³/mol. The van der Waals surface area contributed by atoms with Crippen molar-refractivity contribution in [3.63, 3.8) is 0 Å². The third-order valence-corrected chi connectivity index (χ3v) is 17.6. The summed E-state index contributed by atoms with van der Waals surface area (Å²) in [6, 6.07) is 4.03. The standard InChI is InChI=1S/C42H57NO5S/c1-5-48-36(46)43(24-39-19-27-16-28(20-39)18-29(17-27)21-39)25-41(47)13-10-34-38(41,4)12-9-33-37(3)11-8-30(44)22-40(37)14-15-42(33,34)31(23-40)35(45)32-7-6-26(2)49-32/h6-7,14-15,23,27-30,33-34,44,47H,5,8-13,16-22,24-25H2,1-4H3/t27?,28?,29?,30?,33-,34-,37-,38+,39?,40+,41-,42-/m1/s1. The van der Waals surface area contributed by atoms with Crippen LogP contribution in [-0.4, -0.2) is 58.4 Å². The number of hydrogen-bond donors (Lipinski definition) is 2. The second-order valence-corrected chi connectivity index (χ2v) is 20.3. The smallest absolute Gasteiger partial charge is 0.409 e. The van der Waals surface area contributed by atoms with Gasteiger partial charge in [-0.1, -0.05) is 32.1 Å². The van der Waals surface area contributed by atoms with Crippen molar-refractivity contribution in [2.45, 2.75) is 123 Å². The molecule has 0 aromatic carbocycles. The van der Waals surface area contributed by atoms with E-state index in [2.05, 4.69) is 39.0 Å². The van der Waals surface area contributed by atoms with E-state index in [1.807, 2.05) is 24.0 Å². The second kappa shape index (κ2) is 10.8. The molecule has 2 spiro atoms. The Labute approximate surface area is 296 Å². The van der Waals surface area contributed by atoms with Crippen molar-refractivity contribution in [1.82, 2.24) is 4.90 Å². The highest BCUT2D eigenvalue weighted by Crippen LogP contribution is 2.78. The fourth-order valence-electron chi connectivity index (χ4n) is 14.9. The molecule has 6 bridgehead atoms. The number of ether oxygens (including phenoxy) is 1. The highest BCUT2D eigenvalue weighted by atomic mass is 32.1. The van der Waals surface area contributed by atoms with E-state index in [9.17, 15) is 19.8 Å². The lowest BCUT2D eigenvalue weighted by Crippen LogP contribution is -2.67. The van der Waals surface area contributed by atoms with E-state index >= 15 is 0 Å². The predicted octanol–water partition coefficient (Wildman–Crippen LogP) is 8.51. The van der Waals surface area contributed by atoms with Crippen molar-refractivity contribution >= 4 is 23.2 Å². The highest BCUT2D eigenvalue weighted by molar-refractivity contribution is 7.14. The second-order valence-electron chi connectivity index (χ2n) is 19.0. The van der Waals surface area contributed by atoms with Crippen LogP contribution in [0.2, 0.25) is 0 Å². The molecule has 0 radical (unpaired) electrons. The average Bonchev–Trinajstić information content (AvgIpc) is 3.59. The van der Waals surface area contributed by atoms with Crippen molar-refractivity contribution in [2.75, 3.05) is 19.7 Å². The van der Waals surface area contributed by atoms with Gasteiger partial charge in [-0.25, -0.2) is 4.79 Å². The number of Topliss-reactive ketones (excluding diaryl/α,β-unsaturated/α-hetero) is 1. The summed E-state index contributed by atoms with van der Waals surface area (Å²) in [4.78, 5) is 32.5. The minimum atomic E-state index is -1.08. The first-order chi connectivity index (χ1) is 23.3. The zero-order chi connectivity index (χ0) is 34.2. The zero-order valence-electron chi connectivity index (χ0n) is 30.1. The molecule has 1 amide bonds. The molecule has 11 rings (SSSR count). The summed E-state index contributed by atoms with van der Waals surface area (Å²) >= 11 is 1.57. The van der Waals surface area contributed by atoms with Gasteiger partial charge in [0.15, 0.2) is 5.78 Å². The van der Waals surface area contributed by atoms with E-state index in [1.165, 1.54) is 38.5 Å². The van der Waals surface area contributed by atoms with E-state index in [1.54, 1.807) is 11.3 Å². The Kier molecular flexibility index (Phi) is 7.25. The number of carbonyl (C=O) groups excluding carboxylic acids is 2. The number of amides is 1. The molecule has 2 N–H and O–H groups in total. The Hall–Kier alpha value is -1.96. The fraction of sp³-hybridized carbons (Fsp3) is 0.762. The molecule has 8 atom stereocenters. The van der Waals surface area contributed by atoms with Crippen molar-refractivity contribution in [3.8, 4) is 0 Å². The molecule has 1 heterocycles. The van der Waals surface area contributed by atoms with Gasteiger partial charge in [0, 0.05) is 33.2 Å². The first-order valence-electron chi connectivity index (χ1n) is 19.6. The van der Waals surface area contributed by atoms with Gasteiger partial charge in [-0.3, -0.25) is 4.79 Å². The Morgan fingerprint density at radius 1 is 0.898 bits per heavy atom. The van der Waals surface area contributed by atoms with Gasteiger partial charge in [0.05, 0.1) is 29.7 Å². The van der Waals surface area contributed by atoms with E-state index in [4.69, 9.17) is 4.74 Å². The summed E-state index contributed by atoms with van der Waals surface area (Å²) < 4.78 is 5.75. The molecule has 49 heavy (non-hydrogen) atoms. The molecule has 0 saturated heterocycles. The molecule has 1 aromatic rings. The van der Waals surface area contributed by atoms with E-state index < -0.39 is 16.4 Å². The monoisotopic (exact) mass is 687 g/mol. The van der Waals surface area contributed by atoms with Crippen LogP contribution in [0, 0.1) is 63.6 Å². The van der Waals surface area contributed by atoms with Gasteiger partial charge < -0.3 is 19.8 Å². The molecular formula is C42H57NO5S. The van der Waals surface area contributed by atoms with Crippen LogP contribution in [0.1, 0.15) is 119 Å². The molecule has 10 aliphatic carbocycles. The lowest BCUT2D eigenvalue weighted by atomic mass is 9.32. The Balaban J connectivity index is 1.09. The molecule has 1 aromatic heterocycles. The summed E-state index contributed by atoms with van der Waals surface area (Å²) in [5.41, 5.74) is -1.39. The van der Waals surface area contributed by atoms with E-state index in [-0.39, 0.29) is 46.1 Å². The number of hydrogen-bond acceptors (Lipinski definition) is 6. The van der Waals surface area contributed by atoms with Crippen LogP contribution in [0.5, 0.6) is 0 Å². The van der Waals surface area contributed by atoms with Crippen LogP contribution in [0.4, 0.5) is 4.79 Å². The van der Waals surface area contributed by atoms with Gasteiger partial charge in [-0.15, -0.1) is 11.3 Å². The Morgan fingerprint density at radius 2 is 1.55 bits per heavy atom. The highest BCUT2D eigenvalue weighted by Gasteiger charge is 2.74. The Morgan fingerprint density at radius 3 is 2.20 bits per heavy atom. The lowest BCUT2D eigenvalue weighted by molar-refractivity contribution is -0.177. The molecule has 7 saturated carbocycles. The van der Waals surface area contributed by atoms with E-state index in [0.29, 0.717) is 32.5 Å². The number of fused-ring (bicyclic) bond motifs is 1. The fourth-order valence-corrected chi connectivity index (χ4v) is 15.7. The number of carbonyl (C=O) groups is 2. The average molecular weight is 688 g/mol. The molecular weight excluding hydrogens is 631 g/mol. The maximum absolute atomic E-state index is 14.8. The van der Waals surface area contributed by atoms with Crippen LogP contribution in [0.25, 0.3) is 0 Å². The number of nitrogens with zero attached hydrogens (tertiary/aromatic N) is 1. The van der Waals surface area contributed by atoms with Crippen LogP contribution < -0.4 is 0 Å². The number of aliphatic hydroxyl groups is 2. The van der Waals surface area contributed by atoms with Crippen LogP contribution in [0.15, 0.2) is 35.9 Å². The third kappa shape index (κ3) is 4.43. The SMILES string of the molecule is CCOC(=O)N(CC12CC3CC(CC(C3)C1)C2)C[C@]1(O)CC[C@H]2[C@]34C=C[C@@]5(C=C3C(=O)c3ccc(C)s3)CC(O)CC[C@]5(C)[C@H]4CC[C@@]21C. The number of aryl methyl sites for hydroxylation is 1. The van der Waals surface area contributed by atoms with Gasteiger partial charge in [0.1, 0.15) is 0 Å². The molecule has 266 valence electrons. The maximum Gasteiger partial charge on any atom is 0.409 e. The van der Waals surface area contributed by atoms with Crippen LogP contribution in [-0.2, 0) is 4.74 Å². The maximum atomic E-state index is 14.8. The normalized spacial score (nSPS) is 48.5. The van der Waals surface area contributed by atoms with Crippen LogP contribution >= 0.6 is 11.3 Å².